The molecule has 0 aliphatic heterocycles. The summed E-state index contributed by atoms with van der Waals surface area (Å²) < 4.78 is 0. The van der Waals surface area contributed by atoms with Crippen LogP contribution in [0.3, 0.4) is 0 Å². The molecule has 1 amide bonds. The fraction of sp³-hybridized carbons (Fsp3) is 0.909. The SMILES string of the molecule is CCN(C)C(=O)C1CCC(N)CC1C. The summed E-state index contributed by atoms with van der Waals surface area (Å²) in [6.45, 7) is 4.95. The van der Waals surface area contributed by atoms with E-state index in [9.17, 15) is 4.79 Å². The standard InChI is InChI=1S/C11H22N2O/c1-4-13(3)11(14)10-6-5-9(12)7-8(10)2/h8-10H,4-7,12H2,1-3H3. The van der Waals surface area contributed by atoms with E-state index < -0.39 is 0 Å². The van der Waals surface area contributed by atoms with Gasteiger partial charge in [-0.3, -0.25) is 4.79 Å². The van der Waals surface area contributed by atoms with Crippen molar-refractivity contribution in [2.24, 2.45) is 17.6 Å². The molecule has 82 valence electrons. The third-order valence-corrected chi connectivity index (χ3v) is 3.38. The van der Waals surface area contributed by atoms with Crippen LogP contribution in [0.4, 0.5) is 0 Å². The number of nitrogens with zero attached hydrogens (tertiary/aromatic N) is 1. The molecule has 3 atom stereocenters. The van der Waals surface area contributed by atoms with Gasteiger partial charge in [0, 0.05) is 25.6 Å². The van der Waals surface area contributed by atoms with E-state index in [4.69, 9.17) is 5.73 Å². The number of carbonyl (C=O) groups excluding carboxylic acids is 1. The van der Waals surface area contributed by atoms with Crippen molar-refractivity contribution >= 4 is 5.91 Å². The highest BCUT2D eigenvalue weighted by Gasteiger charge is 2.32. The smallest absolute Gasteiger partial charge is 0.225 e. The lowest BCUT2D eigenvalue weighted by Gasteiger charge is -2.33. The van der Waals surface area contributed by atoms with Crippen molar-refractivity contribution in [3.8, 4) is 0 Å². The molecule has 1 saturated carbocycles. The van der Waals surface area contributed by atoms with Gasteiger partial charge in [0.1, 0.15) is 0 Å². The summed E-state index contributed by atoms with van der Waals surface area (Å²) in [5, 5.41) is 0. The van der Waals surface area contributed by atoms with E-state index in [-0.39, 0.29) is 5.92 Å². The Labute approximate surface area is 86.6 Å². The average Bonchev–Trinajstić information content (AvgIpc) is 2.15. The first-order chi connectivity index (χ1) is 6.56. The van der Waals surface area contributed by atoms with Crippen molar-refractivity contribution in [1.82, 2.24) is 4.90 Å². The van der Waals surface area contributed by atoms with Crippen LogP contribution >= 0.6 is 0 Å². The number of carbonyl (C=O) groups is 1. The second-order valence-electron chi connectivity index (χ2n) is 4.51. The Kier molecular flexibility index (Phi) is 3.93. The van der Waals surface area contributed by atoms with E-state index in [1.165, 1.54) is 0 Å². The summed E-state index contributed by atoms with van der Waals surface area (Å²) in [6.07, 6.45) is 2.96. The summed E-state index contributed by atoms with van der Waals surface area (Å²) in [4.78, 5) is 13.7. The predicted molar refractivity (Wildman–Crippen MR) is 57.8 cm³/mol. The molecule has 0 bridgehead atoms. The van der Waals surface area contributed by atoms with Crippen LogP contribution in [0.1, 0.15) is 33.1 Å². The van der Waals surface area contributed by atoms with Gasteiger partial charge in [-0.1, -0.05) is 6.92 Å². The van der Waals surface area contributed by atoms with Gasteiger partial charge in [-0.05, 0) is 32.1 Å². The van der Waals surface area contributed by atoms with Crippen molar-refractivity contribution in [2.75, 3.05) is 13.6 Å². The van der Waals surface area contributed by atoms with Crippen molar-refractivity contribution in [2.45, 2.75) is 39.2 Å². The third-order valence-electron chi connectivity index (χ3n) is 3.38. The molecule has 0 aromatic carbocycles. The molecular weight excluding hydrogens is 176 g/mol. The molecule has 0 spiro atoms. The van der Waals surface area contributed by atoms with Gasteiger partial charge in [0.05, 0.1) is 0 Å². The van der Waals surface area contributed by atoms with Crippen LogP contribution in [0.5, 0.6) is 0 Å². The Balaban J connectivity index is 2.55. The van der Waals surface area contributed by atoms with Crippen molar-refractivity contribution in [3.05, 3.63) is 0 Å². The number of hydrogen-bond acceptors (Lipinski definition) is 2. The Morgan fingerprint density at radius 3 is 2.64 bits per heavy atom. The summed E-state index contributed by atoms with van der Waals surface area (Å²) in [5.74, 6) is 0.951. The van der Waals surface area contributed by atoms with Crippen molar-refractivity contribution in [3.63, 3.8) is 0 Å². The maximum atomic E-state index is 11.9. The van der Waals surface area contributed by atoms with E-state index in [0.29, 0.717) is 17.9 Å². The summed E-state index contributed by atoms with van der Waals surface area (Å²) >= 11 is 0. The first-order valence-corrected chi connectivity index (χ1v) is 5.56. The van der Waals surface area contributed by atoms with Gasteiger partial charge in [0.25, 0.3) is 0 Å². The molecule has 0 radical (unpaired) electrons. The molecule has 3 heteroatoms. The molecule has 14 heavy (non-hydrogen) atoms. The van der Waals surface area contributed by atoms with Crippen LogP contribution in [0.15, 0.2) is 0 Å². The molecule has 1 fully saturated rings. The largest absolute Gasteiger partial charge is 0.346 e. The second-order valence-corrected chi connectivity index (χ2v) is 4.51. The molecule has 3 nitrogen and oxygen atoms in total. The molecule has 1 aliphatic carbocycles. The van der Waals surface area contributed by atoms with Crippen LogP contribution in [0.2, 0.25) is 0 Å². The van der Waals surface area contributed by atoms with Gasteiger partial charge in [-0.2, -0.15) is 0 Å². The lowest BCUT2D eigenvalue weighted by Crippen LogP contribution is -2.41. The minimum absolute atomic E-state index is 0.208. The summed E-state index contributed by atoms with van der Waals surface area (Å²) in [7, 11) is 1.88. The highest BCUT2D eigenvalue weighted by Crippen LogP contribution is 2.30. The number of amides is 1. The van der Waals surface area contributed by atoms with Crippen LogP contribution in [0, 0.1) is 11.8 Å². The summed E-state index contributed by atoms with van der Waals surface area (Å²) in [5.41, 5.74) is 5.87. The minimum atomic E-state index is 0.208. The maximum absolute atomic E-state index is 11.9. The van der Waals surface area contributed by atoms with Crippen LogP contribution in [-0.4, -0.2) is 30.4 Å². The fourth-order valence-corrected chi connectivity index (χ4v) is 2.24. The highest BCUT2D eigenvalue weighted by atomic mass is 16.2. The van der Waals surface area contributed by atoms with Crippen LogP contribution < -0.4 is 5.73 Å². The number of nitrogens with two attached hydrogens (primary N) is 1. The van der Waals surface area contributed by atoms with Crippen LogP contribution in [0.25, 0.3) is 0 Å². The zero-order valence-corrected chi connectivity index (χ0v) is 9.49. The van der Waals surface area contributed by atoms with E-state index in [0.717, 1.165) is 25.8 Å². The van der Waals surface area contributed by atoms with Gasteiger partial charge >= 0.3 is 0 Å². The van der Waals surface area contributed by atoms with Gasteiger partial charge in [-0.25, -0.2) is 0 Å². The topological polar surface area (TPSA) is 46.3 Å². The zero-order chi connectivity index (χ0) is 10.7. The quantitative estimate of drug-likeness (QED) is 0.725. The second kappa shape index (κ2) is 4.78. The van der Waals surface area contributed by atoms with Crippen LogP contribution in [-0.2, 0) is 4.79 Å². The van der Waals surface area contributed by atoms with E-state index >= 15 is 0 Å². The van der Waals surface area contributed by atoms with Gasteiger partial charge in [0.15, 0.2) is 0 Å². The molecule has 3 unspecified atom stereocenters. The molecule has 2 N–H and O–H groups in total. The molecule has 1 aliphatic rings. The predicted octanol–water partition coefficient (Wildman–Crippen LogP) is 1.23. The first-order valence-electron chi connectivity index (χ1n) is 5.56. The molecular formula is C11H22N2O. The number of rotatable bonds is 2. The minimum Gasteiger partial charge on any atom is -0.346 e. The first kappa shape index (κ1) is 11.5. The third kappa shape index (κ3) is 2.47. The molecule has 0 aromatic heterocycles. The molecule has 1 rings (SSSR count). The Morgan fingerprint density at radius 1 is 1.50 bits per heavy atom. The van der Waals surface area contributed by atoms with E-state index in [1.807, 2.05) is 18.9 Å². The monoisotopic (exact) mass is 198 g/mol. The maximum Gasteiger partial charge on any atom is 0.225 e. The van der Waals surface area contributed by atoms with Gasteiger partial charge in [0.2, 0.25) is 5.91 Å². The van der Waals surface area contributed by atoms with Gasteiger partial charge in [-0.15, -0.1) is 0 Å². The molecule has 0 aromatic rings. The Morgan fingerprint density at radius 2 is 2.14 bits per heavy atom. The lowest BCUT2D eigenvalue weighted by atomic mass is 9.77. The fourth-order valence-electron chi connectivity index (χ4n) is 2.24. The van der Waals surface area contributed by atoms with Crippen molar-refractivity contribution < 1.29 is 4.79 Å². The van der Waals surface area contributed by atoms with E-state index in [2.05, 4.69) is 6.92 Å². The Bertz CT molecular complexity index is 205. The zero-order valence-electron chi connectivity index (χ0n) is 9.49. The lowest BCUT2D eigenvalue weighted by molar-refractivity contribution is -0.136. The average molecular weight is 198 g/mol. The van der Waals surface area contributed by atoms with E-state index in [1.54, 1.807) is 0 Å². The highest BCUT2D eigenvalue weighted by molar-refractivity contribution is 5.78. The number of hydrogen-bond donors (Lipinski definition) is 1. The van der Waals surface area contributed by atoms with Crippen molar-refractivity contribution in [1.29, 1.82) is 0 Å². The molecule has 0 saturated heterocycles. The Hall–Kier alpha value is -0.570. The molecule has 0 heterocycles. The summed E-state index contributed by atoms with van der Waals surface area (Å²) in [6, 6.07) is 0.306. The normalized spacial score (nSPS) is 32.7. The van der Waals surface area contributed by atoms with Gasteiger partial charge < -0.3 is 10.6 Å².